The lowest BCUT2D eigenvalue weighted by Gasteiger charge is -2.28. The first kappa shape index (κ1) is 19.9. The van der Waals surface area contributed by atoms with Crippen LogP contribution in [0.2, 0.25) is 0 Å². The summed E-state index contributed by atoms with van der Waals surface area (Å²) in [5, 5.41) is 2.82. The third-order valence-electron chi connectivity index (χ3n) is 4.22. The first-order valence-corrected chi connectivity index (χ1v) is 10.5. The molecule has 7 heteroatoms. The molecule has 1 heterocycles. The number of carbonyl (C=O) groups is 1. The maximum absolute atomic E-state index is 12.6. The van der Waals surface area contributed by atoms with Crippen molar-refractivity contribution < 1.29 is 13.2 Å². The Morgan fingerprint density at radius 1 is 1.23 bits per heavy atom. The Morgan fingerprint density at radius 2 is 1.92 bits per heavy atom. The van der Waals surface area contributed by atoms with E-state index < -0.39 is 9.84 Å². The van der Waals surface area contributed by atoms with E-state index >= 15 is 0 Å². The molecule has 0 aliphatic heterocycles. The lowest BCUT2D eigenvalue weighted by atomic mass is 10.0. The van der Waals surface area contributed by atoms with Gasteiger partial charge in [0.25, 0.3) is 0 Å². The molecule has 2 aromatic rings. The van der Waals surface area contributed by atoms with Crippen molar-refractivity contribution in [2.45, 2.75) is 37.1 Å². The molecule has 0 saturated carbocycles. The van der Waals surface area contributed by atoms with Crippen molar-refractivity contribution in [3.05, 3.63) is 54.4 Å². The van der Waals surface area contributed by atoms with Crippen molar-refractivity contribution in [2.75, 3.05) is 18.6 Å². The number of urea groups is 1. The molecule has 1 N–H and O–H groups in total. The molecule has 1 aromatic carbocycles. The summed E-state index contributed by atoms with van der Waals surface area (Å²) >= 11 is 0. The van der Waals surface area contributed by atoms with E-state index in [0.29, 0.717) is 5.69 Å². The number of hydrogen-bond acceptors (Lipinski definition) is 4. The zero-order valence-electron chi connectivity index (χ0n) is 15.3. The van der Waals surface area contributed by atoms with Crippen molar-refractivity contribution in [3.8, 4) is 0 Å². The van der Waals surface area contributed by atoms with Crippen molar-refractivity contribution >= 4 is 21.6 Å². The summed E-state index contributed by atoms with van der Waals surface area (Å²) in [7, 11) is -1.50. The van der Waals surface area contributed by atoms with E-state index in [2.05, 4.69) is 17.2 Å². The van der Waals surface area contributed by atoms with Gasteiger partial charge >= 0.3 is 6.03 Å². The maximum Gasteiger partial charge on any atom is 0.322 e. The highest BCUT2D eigenvalue weighted by atomic mass is 32.2. The second-order valence-corrected chi connectivity index (χ2v) is 8.30. The number of nitrogens with one attached hydrogen (secondary N) is 1. The van der Waals surface area contributed by atoms with Gasteiger partial charge in [0.2, 0.25) is 0 Å². The van der Waals surface area contributed by atoms with Gasteiger partial charge in [-0.2, -0.15) is 0 Å². The summed E-state index contributed by atoms with van der Waals surface area (Å²) in [5.74, 6) is 0. The van der Waals surface area contributed by atoms with E-state index in [-0.39, 0.29) is 17.0 Å². The van der Waals surface area contributed by atoms with Gasteiger partial charge in [0.1, 0.15) is 0 Å². The summed E-state index contributed by atoms with van der Waals surface area (Å²) in [6.45, 7) is 2.11. The van der Waals surface area contributed by atoms with Crippen LogP contribution < -0.4 is 5.32 Å². The van der Waals surface area contributed by atoms with Crippen molar-refractivity contribution in [1.82, 2.24) is 9.88 Å². The minimum absolute atomic E-state index is 0.0704. The zero-order valence-corrected chi connectivity index (χ0v) is 16.2. The fraction of sp³-hybridized carbons (Fsp3) is 0.368. The summed E-state index contributed by atoms with van der Waals surface area (Å²) in [5.41, 5.74) is 1.54. The van der Waals surface area contributed by atoms with Crippen molar-refractivity contribution in [2.24, 2.45) is 0 Å². The number of aromatic nitrogens is 1. The number of amides is 2. The van der Waals surface area contributed by atoms with Crippen LogP contribution in [0.4, 0.5) is 10.5 Å². The molecule has 1 atom stereocenters. The second-order valence-electron chi connectivity index (χ2n) is 6.28. The molecule has 0 radical (unpaired) electrons. The van der Waals surface area contributed by atoms with E-state index in [0.717, 1.165) is 31.1 Å². The Kier molecular flexibility index (Phi) is 6.74. The number of benzene rings is 1. The van der Waals surface area contributed by atoms with Gasteiger partial charge in [-0.05, 0) is 42.3 Å². The lowest BCUT2D eigenvalue weighted by Crippen LogP contribution is -2.35. The number of sulfone groups is 1. The summed E-state index contributed by atoms with van der Waals surface area (Å²) < 4.78 is 23.0. The smallest absolute Gasteiger partial charge is 0.320 e. The number of unbranched alkanes of at least 4 members (excludes halogenated alkanes) is 1. The van der Waals surface area contributed by atoms with Crippen LogP contribution in [0.25, 0.3) is 0 Å². The number of hydrogen-bond donors (Lipinski definition) is 1. The van der Waals surface area contributed by atoms with Crippen LogP contribution in [0.15, 0.2) is 53.7 Å². The average Bonchev–Trinajstić information content (AvgIpc) is 2.62. The van der Waals surface area contributed by atoms with E-state index in [1.54, 1.807) is 36.5 Å². The van der Waals surface area contributed by atoms with Gasteiger partial charge in [0.05, 0.1) is 10.9 Å². The maximum atomic E-state index is 12.6. The quantitative estimate of drug-likeness (QED) is 0.796. The largest absolute Gasteiger partial charge is 0.322 e. The predicted octanol–water partition coefficient (Wildman–Crippen LogP) is 3.88. The molecule has 1 aromatic heterocycles. The number of nitrogens with zero attached hydrogens (tertiary/aromatic N) is 2. The molecule has 0 saturated heterocycles. The predicted molar refractivity (Wildman–Crippen MR) is 103 cm³/mol. The van der Waals surface area contributed by atoms with Crippen LogP contribution in [0, 0.1) is 0 Å². The summed E-state index contributed by atoms with van der Waals surface area (Å²) in [6, 6.07) is 9.67. The first-order valence-electron chi connectivity index (χ1n) is 8.56. The van der Waals surface area contributed by atoms with E-state index in [1.165, 1.54) is 12.1 Å². The fourth-order valence-corrected chi connectivity index (χ4v) is 3.32. The Bertz CT molecular complexity index is 821. The molecule has 2 rings (SSSR count). The Balaban J connectivity index is 2.13. The van der Waals surface area contributed by atoms with Gasteiger partial charge in [0, 0.05) is 31.4 Å². The second kappa shape index (κ2) is 8.80. The van der Waals surface area contributed by atoms with Crippen LogP contribution in [-0.4, -0.2) is 37.6 Å². The molecule has 140 valence electrons. The third-order valence-corrected chi connectivity index (χ3v) is 5.35. The molecule has 0 aliphatic rings. The van der Waals surface area contributed by atoms with E-state index in [1.807, 2.05) is 12.1 Å². The van der Waals surface area contributed by atoms with Gasteiger partial charge in [-0.3, -0.25) is 4.98 Å². The Morgan fingerprint density at radius 3 is 2.46 bits per heavy atom. The normalized spacial score (nSPS) is 12.4. The van der Waals surface area contributed by atoms with Gasteiger partial charge in [0.15, 0.2) is 9.84 Å². The molecule has 26 heavy (non-hydrogen) atoms. The number of anilines is 1. The Hall–Kier alpha value is -2.41. The topological polar surface area (TPSA) is 79.4 Å². The van der Waals surface area contributed by atoms with Crippen molar-refractivity contribution in [1.29, 1.82) is 0 Å². The lowest BCUT2D eigenvalue weighted by molar-refractivity contribution is 0.199. The standard InChI is InChI=1S/C19H25N3O3S/c1-4-5-8-18(15-7-6-13-20-14-15)22(2)19(23)21-16-9-11-17(12-10-16)26(3,24)25/h6-7,9-14,18H,4-5,8H2,1-3H3,(H,21,23)/t18-/m0/s1. The molecule has 6 nitrogen and oxygen atoms in total. The third kappa shape index (κ3) is 5.29. The SMILES string of the molecule is CCCC[C@@H](c1cccnc1)N(C)C(=O)Nc1ccc(S(C)(=O)=O)cc1. The van der Waals surface area contributed by atoms with E-state index in [4.69, 9.17) is 0 Å². The van der Waals surface area contributed by atoms with Gasteiger partial charge in [-0.1, -0.05) is 25.8 Å². The highest BCUT2D eigenvalue weighted by Gasteiger charge is 2.21. The highest BCUT2D eigenvalue weighted by molar-refractivity contribution is 7.90. The molecule has 0 spiro atoms. The molecule has 0 aliphatic carbocycles. The monoisotopic (exact) mass is 375 g/mol. The van der Waals surface area contributed by atoms with Gasteiger partial charge in [-0.25, -0.2) is 13.2 Å². The number of rotatable bonds is 7. The van der Waals surface area contributed by atoms with Crippen LogP contribution in [0.3, 0.4) is 0 Å². The molecular weight excluding hydrogens is 350 g/mol. The fourth-order valence-electron chi connectivity index (χ4n) is 2.69. The van der Waals surface area contributed by atoms with Crippen LogP contribution in [0.5, 0.6) is 0 Å². The summed E-state index contributed by atoms with van der Waals surface area (Å²) in [6.07, 6.45) is 7.54. The summed E-state index contributed by atoms with van der Waals surface area (Å²) in [4.78, 5) is 18.7. The molecule has 0 bridgehead atoms. The van der Waals surface area contributed by atoms with Gasteiger partial charge in [-0.15, -0.1) is 0 Å². The average molecular weight is 375 g/mol. The minimum Gasteiger partial charge on any atom is -0.320 e. The molecule has 0 unspecified atom stereocenters. The van der Waals surface area contributed by atoms with Crippen LogP contribution in [0.1, 0.15) is 37.8 Å². The number of pyridine rings is 1. The van der Waals surface area contributed by atoms with Crippen LogP contribution in [-0.2, 0) is 9.84 Å². The van der Waals surface area contributed by atoms with E-state index in [9.17, 15) is 13.2 Å². The molecule has 2 amide bonds. The minimum atomic E-state index is -3.25. The first-order chi connectivity index (χ1) is 12.3. The number of carbonyl (C=O) groups excluding carboxylic acids is 1. The van der Waals surface area contributed by atoms with Crippen LogP contribution >= 0.6 is 0 Å². The molecule has 0 fully saturated rings. The van der Waals surface area contributed by atoms with Crippen molar-refractivity contribution in [3.63, 3.8) is 0 Å². The van der Waals surface area contributed by atoms with Gasteiger partial charge < -0.3 is 10.2 Å². The highest BCUT2D eigenvalue weighted by Crippen LogP contribution is 2.25. The Labute approximate surface area is 155 Å². The zero-order chi connectivity index (χ0) is 19.2. The molecular formula is C19H25N3O3S.